The molecule has 2 nitrogen and oxygen atoms in total. The summed E-state index contributed by atoms with van der Waals surface area (Å²) in [6.45, 7) is 0. The molecule has 0 fully saturated rings. The lowest BCUT2D eigenvalue weighted by molar-refractivity contribution is 1.29. The van der Waals surface area contributed by atoms with E-state index in [1.54, 1.807) is 11.3 Å². The van der Waals surface area contributed by atoms with Crippen LogP contribution in [0.5, 0.6) is 0 Å². The number of para-hydroxylation sites is 3. The molecule has 0 spiro atoms. The zero-order valence-electron chi connectivity index (χ0n) is 28.5. The summed E-state index contributed by atoms with van der Waals surface area (Å²) < 4.78 is 4.99. The molecule has 10 aromatic rings. The Hall–Kier alpha value is -5.91. The molecule has 0 aliphatic carbocycles. The van der Waals surface area contributed by atoms with Crippen LogP contribution >= 0.6 is 34.3 Å². The van der Waals surface area contributed by atoms with Gasteiger partial charge in [0, 0.05) is 74.5 Å². The highest BCUT2D eigenvalue weighted by Crippen LogP contribution is 2.45. The zero-order chi connectivity index (χ0) is 35.3. The highest BCUT2D eigenvalue weighted by Gasteiger charge is 2.18. The molecule has 0 N–H and O–H groups in total. The first-order valence-corrected chi connectivity index (χ1v) is 19.6. The Labute approximate surface area is 321 Å². The maximum absolute atomic E-state index is 7.04. The monoisotopic (exact) mass is 734 g/mol. The first kappa shape index (κ1) is 31.8. The summed E-state index contributed by atoms with van der Waals surface area (Å²) in [7, 11) is 0. The predicted molar refractivity (Wildman–Crippen MR) is 232 cm³/mol. The van der Waals surface area contributed by atoms with Crippen molar-refractivity contribution in [1.29, 1.82) is 0 Å². The summed E-state index contributed by atoms with van der Waals surface area (Å²) in [4.78, 5) is 4.62. The minimum atomic E-state index is 0.768. The Morgan fingerprint density at radius 2 is 0.849 bits per heavy atom. The number of thiophene rings is 2. The van der Waals surface area contributed by atoms with Gasteiger partial charge >= 0.3 is 0 Å². The van der Waals surface area contributed by atoms with Crippen LogP contribution in [0.4, 0.5) is 34.1 Å². The highest BCUT2D eigenvalue weighted by atomic mass is 35.5. The molecule has 0 amide bonds. The van der Waals surface area contributed by atoms with E-state index < -0.39 is 0 Å². The fourth-order valence-corrected chi connectivity index (χ4v) is 10.1. The maximum atomic E-state index is 7.04. The molecule has 252 valence electrons. The van der Waals surface area contributed by atoms with Crippen LogP contribution in [0.1, 0.15) is 0 Å². The molecule has 0 aliphatic heterocycles. The van der Waals surface area contributed by atoms with Crippen molar-refractivity contribution in [1.82, 2.24) is 0 Å². The van der Waals surface area contributed by atoms with Crippen molar-refractivity contribution in [3.05, 3.63) is 193 Å². The summed E-state index contributed by atoms with van der Waals surface area (Å²) in [6.07, 6.45) is 0. The molecule has 2 heterocycles. The fraction of sp³-hybridized carbons (Fsp3) is 0. The van der Waals surface area contributed by atoms with Gasteiger partial charge < -0.3 is 9.80 Å². The first-order chi connectivity index (χ1) is 26.2. The Balaban J connectivity index is 1.01. The van der Waals surface area contributed by atoms with E-state index in [9.17, 15) is 0 Å². The number of hydrogen-bond donors (Lipinski definition) is 0. The molecular weight excluding hydrogens is 704 g/mol. The lowest BCUT2D eigenvalue weighted by Gasteiger charge is -2.26. The molecule has 8 aromatic carbocycles. The fourth-order valence-electron chi connectivity index (χ4n) is 7.43. The van der Waals surface area contributed by atoms with Crippen molar-refractivity contribution in [2.45, 2.75) is 0 Å². The molecule has 0 saturated carbocycles. The van der Waals surface area contributed by atoms with Gasteiger partial charge in [-0.15, -0.1) is 22.7 Å². The third-order valence-electron chi connectivity index (χ3n) is 9.89. The second-order valence-electron chi connectivity index (χ2n) is 13.1. The Morgan fingerprint density at radius 3 is 1.53 bits per heavy atom. The summed E-state index contributed by atoms with van der Waals surface area (Å²) in [5.41, 5.74) is 9.00. The Kier molecular flexibility index (Phi) is 7.95. The van der Waals surface area contributed by atoms with E-state index in [1.165, 1.54) is 46.1 Å². The topological polar surface area (TPSA) is 6.48 Å². The maximum Gasteiger partial charge on any atom is 0.0519 e. The molecule has 10 rings (SSSR count). The Bertz CT molecular complexity index is 2860. The number of rotatable bonds is 7. The van der Waals surface area contributed by atoms with E-state index in [-0.39, 0.29) is 0 Å². The zero-order valence-corrected chi connectivity index (χ0v) is 30.9. The van der Waals surface area contributed by atoms with Gasteiger partial charge in [0.1, 0.15) is 0 Å². The van der Waals surface area contributed by atoms with Gasteiger partial charge in [-0.2, -0.15) is 0 Å². The second kappa shape index (κ2) is 13.3. The molecular formula is C48H31ClN2S2. The molecule has 5 heteroatoms. The van der Waals surface area contributed by atoms with E-state index in [4.69, 9.17) is 11.6 Å². The molecule has 0 aliphatic rings. The van der Waals surface area contributed by atoms with Crippen LogP contribution in [0.2, 0.25) is 5.02 Å². The minimum absolute atomic E-state index is 0.768. The van der Waals surface area contributed by atoms with Crippen LogP contribution < -0.4 is 9.80 Å². The SMILES string of the molecule is Clc1cc(N(c2ccccc2)c2ccc(-c3ccc4c(c3)sc3ccc(N(c5ccccc5)c5ccccc5)cc34)cc2)cc2sc3ccccc3c12. The average Bonchev–Trinajstić information content (AvgIpc) is 3.78. The summed E-state index contributed by atoms with van der Waals surface area (Å²) in [5, 5.41) is 5.64. The molecule has 0 radical (unpaired) electrons. The molecule has 53 heavy (non-hydrogen) atoms. The van der Waals surface area contributed by atoms with Crippen LogP contribution in [0, 0.1) is 0 Å². The van der Waals surface area contributed by atoms with Crippen molar-refractivity contribution in [3.8, 4) is 11.1 Å². The number of nitrogens with zero attached hydrogens (tertiary/aromatic N) is 2. The van der Waals surface area contributed by atoms with Crippen LogP contribution in [0.15, 0.2) is 188 Å². The van der Waals surface area contributed by atoms with Gasteiger partial charge in [-0.1, -0.05) is 109 Å². The second-order valence-corrected chi connectivity index (χ2v) is 15.7. The van der Waals surface area contributed by atoms with Crippen LogP contribution in [0.3, 0.4) is 0 Å². The third kappa shape index (κ3) is 5.73. The molecule has 0 atom stereocenters. The third-order valence-corrected chi connectivity index (χ3v) is 12.4. The van der Waals surface area contributed by atoms with Crippen molar-refractivity contribution >= 4 is 109 Å². The summed E-state index contributed by atoms with van der Waals surface area (Å²) >= 11 is 10.7. The van der Waals surface area contributed by atoms with Crippen molar-refractivity contribution in [3.63, 3.8) is 0 Å². The van der Waals surface area contributed by atoms with E-state index in [0.717, 1.165) is 44.5 Å². The Morgan fingerprint density at radius 1 is 0.321 bits per heavy atom. The van der Waals surface area contributed by atoms with Gasteiger partial charge in [0.2, 0.25) is 0 Å². The summed E-state index contributed by atoms with van der Waals surface area (Å²) in [6, 6.07) is 67.2. The quantitative estimate of drug-likeness (QED) is 0.161. The van der Waals surface area contributed by atoms with Gasteiger partial charge in [-0.05, 0) is 102 Å². The van der Waals surface area contributed by atoms with Crippen LogP contribution in [0.25, 0.3) is 51.5 Å². The normalized spacial score (nSPS) is 11.5. The van der Waals surface area contributed by atoms with E-state index in [2.05, 4.69) is 198 Å². The van der Waals surface area contributed by atoms with Crippen molar-refractivity contribution < 1.29 is 0 Å². The number of benzene rings is 8. The highest BCUT2D eigenvalue weighted by molar-refractivity contribution is 7.26. The number of anilines is 6. The minimum Gasteiger partial charge on any atom is -0.310 e. The standard InChI is InChI=1S/C48H31ClN2S2/c49-43-30-39(31-47-48(43)41-18-10-11-19-44(41)53-47)51(36-16-8-3-9-17-36)37-23-20-32(21-24-37)33-22-26-40-42-29-38(25-27-45(42)52-46(40)28-33)50(34-12-4-1-5-13-34)35-14-6-2-7-15-35/h1-31H. The predicted octanol–water partition coefficient (Wildman–Crippen LogP) is 15.7. The first-order valence-electron chi connectivity index (χ1n) is 17.6. The van der Waals surface area contributed by atoms with Gasteiger partial charge in [0.05, 0.1) is 5.02 Å². The van der Waals surface area contributed by atoms with Gasteiger partial charge in [-0.3, -0.25) is 0 Å². The van der Waals surface area contributed by atoms with Gasteiger partial charge in [-0.25, -0.2) is 0 Å². The van der Waals surface area contributed by atoms with Crippen LogP contribution in [-0.4, -0.2) is 0 Å². The largest absolute Gasteiger partial charge is 0.310 e. The van der Waals surface area contributed by atoms with E-state index >= 15 is 0 Å². The van der Waals surface area contributed by atoms with E-state index in [1.807, 2.05) is 11.3 Å². The van der Waals surface area contributed by atoms with Crippen molar-refractivity contribution in [2.75, 3.05) is 9.80 Å². The molecule has 0 saturated heterocycles. The van der Waals surface area contributed by atoms with Gasteiger partial charge in [0.15, 0.2) is 0 Å². The summed E-state index contributed by atoms with van der Waals surface area (Å²) in [5.74, 6) is 0. The smallest absolute Gasteiger partial charge is 0.0519 e. The average molecular weight is 735 g/mol. The molecule has 0 bridgehead atoms. The van der Waals surface area contributed by atoms with Crippen molar-refractivity contribution in [2.24, 2.45) is 0 Å². The number of hydrogen-bond acceptors (Lipinski definition) is 4. The number of fused-ring (bicyclic) bond motifs is 6. The number of halogens is 1. The lowest BCUT2D eigenvalue weighted by Crippen LogP contribution is -2.09. The van der Waals surface area contributed by atoms with Crippen LogP contribution in [-0.2, 0) is 0 Å². The van der Waals surface area contributed by atoms with E-state index in [0.29, 0.717) is 0 Å². The lowest BCUT2D eigenvalue weighted by atomic mass is 10.0. The van der Waals surface area contributed by atoms with Gasteiger partial charge in [0.25, 0.3) is 0 Å². The molecule has 2 aromatic heterocycles. The molecule has 0 unspecified atom stereocenters.